The van der Waals surface area contributed by atoms with E-state index < -0.39 is 134 Å². The number of thioether (sulfide) groups is 1. The minimum atomic E-state index is -1.80. The molecule has 1 fully saturated rings. The van der Waals surface area contributed by atoms with Gasteiger partial charge in [-0.05, 0) is 50.0 Å². The Morgan fingerprint density at radius 1 is 0.698 bits per heavy atom. The lowest BCUT2D eigenvalue weighted by Gasteiger charge is -2.29. The summed E-state index contributed by atoms with van der Waals surface area (Å²) in [5, 5.41) is 48.6. The second kappa shape index (κ2) is 22.8. The van der Waals surface area contributed by atoms with E-state index >= 15 is 0 Å². The van der Waals surface area contributed by atoms with E-state index in [1.165, 1.54) is 30.5 Å². The Balaban J connectivity index is 3.26. The van der Waals surface area contributed by atoms with Gasteiger partial charge in [-0.15, -0.1) is 0 Å². The lowest BCUT2D eigenvalue weighted by atomic mass is 10.0. The van der Waals surface area contributed by atoms with E-state index in [9.17, 15) is 63.3 Å². The highest BCUT2D eigenvalue weighted by Gasteiger charge is 2.37. The summed E-state index contributed by atoms with van der Waals surface area (Å²) >= 11 is 1.29. The quantitative estimate of drug-likeness (QED) is 0.0469. The van der Waals surface area contributed by atoms with Crippen molar-refractivity contribution in [3.63, 3.8) is 0 Å². The van der Waals surface area contributed by atoms with Crippen LogP contribution in [0.5, 0.6) is 0 Å². The normalized spacial score (nSPS) is 16.6. The maximum Gasteiger partial charge on any atom is 0.326 e. The van der Waals surface area contributed by atoms with Crippen molar-refractivity contribution in [2.75, 3.05) is 25.1 Å². The largest absolute Gasteiger partial charge is 0.481 e. The van der Waals surface area contributed by atoms with Crippen LogP contribution in [-0.2, 0) is 47.9 Å². The molecular formula is C31H49N7O14S. The predicted octanol–water partition coefficient (Wildman–Crippen LogP) is -2.94. The first-order valence-corrected chi connectivity index (χ1v) is 18.1. The van der Waals surface area contributed by atoms with E-state index in [1.54, 1.807) is 6.26 Å². The molecule has 298 valence electrons. The van der Waals surface area contributed by atoms with Crippen molar-refractivity contribution in [2.24, 2.45) is 11.7 Å². The van der Waals surface area contributed by atoms with E-state index in [1.807, 2.05) is 0 Å². The molecule has 53 heavy (non-hydrogen) atoms. The van der Waals surface area contributed by atoms with Crippen LogP contribution in [0.1, 0.15) is 65.2 Å². The third-order valence-corrected chi connectivity index (χ3v) is 8.74. The molecule has 0 saturated carbocycles. The van der Waals surface area contributed by atoms with E-state index in [0.717, 1.165) is 0 Å². The molecule has 0 aliphatic carbocycles. The molecule has 1 saturated heterocycles. The van der Waals surface area contributed by atoms with Gasteiger partial charge in [0.25, 0.3) is 0 Å². The lowest BCUT2D eigenvalue weighted by Crippen LogP contribution is -2.60. The average molecular weight is 776 g/mol. The monoisotopic (exact) mass is 775 g/mol. The number of carbonyl (C=O) groups is 10. The molecule has 0 aromatic rings. The smallest absolute Gasteiger partial charge is 0.326 e. The van der Waals surface area contributed by atoms with Gasteiger partial charge in [0, 0.05) is 19.4 Å². The summed E-state index contributed by atoms with van der Waals surface area (Å²) in [6.45, 7) is 2.92. The molecule has 0 unspecified atom stereocenters. The number of nitrogens with two attached hydrogens (primary N) is 1. The Labute approximate surface area is 308 Å². The van der Waals surface area contributed by atoms with Gasteiger partial charge in [-0.2, -0.15) is 11.8 Å². The molecule has 6 atom stereocenters. The average Bonchev–Trinajstić information content (AvgIpc) is 3.57. The van der Waals surface area contributed by atoms with Crippen molar-refractivity contribution >= 4 is 71.1 Å². The van der Waals surface area contributed by atoms with Gasteiger partial charge in [0.15, 0.2) is 0 Å². The molecule has 22 heteroatoms. The number of carboxylic acids is 4. The third kappa shape index (κ3) is 16.1. The number of likely N-dealkylation sites (tertiary alicyclic amines) is 1. The van der Waals surface area contributed by atoms with E-state index in [0.29, 0.717) is 12.2 Å². The van der Waals surface area contributed by atoms with Crippen molar-refractivity contribution < 1.29 is 68.4 Å². The molecule has 11 N–H and O–H groups in total. The summed E-state index contributed by atoms with van der Waals surface area (Å²) in [6.07, 6.45) is -0.715. The number of rotatable bonds is 24. The van der Waals surface area contributed by atoms with Crippen LogP contribution in [0.15, 0.2) is 0 Å². The van der Waals surface area contributed by atoms with Gasteiger partial charge < -0.3 is 57.6 Å². The first kappa shape index (κ1) is 46.0. The number of carboxylic acid groups (broad SMARTS) is 4. The summed E-state index contributed by atoms with van der Waals surface area (Å²) in [6, 6.07) is -8.71. The molecule has 0 radical (unpaired) electrons. The minimum absolute atomic E-state index is 0.0172. The van der Waals surface area contributed by atoms with Crippen LogP contribution < -0.4 is 32.3 Å². The van der Waals surface area contributed by atoms with Gasteiger partial charge >= 0.3 is 23.9 Å². The fraction of sp³-hybridized carbons (Fsp3) is 0.677. The first-order chi connectivity index (χ1) is 24.8. The molecule has 1 rings (SSSR count). The Bertz CT molecular complexity index is 1380. The van der Waals surface area contributed by atoms with Gasteiger partial charge in [-0.25, -0.2) is 4.79 Å². The van der Waals surface area contributed by atoms with Crippen molar-refractivity contribution in [3.05, 3.63) is 0 Å². The SMILES string of the molecule is CSCC[C@H](NC(=O)[C@@H](NC(=O)[C@H](CCC(=O)O)NC(=O)[C@H](CCC(=O)O)NC(=O)[C@@H]1CCCN1C(=O)CN)C(C)C)C(=O)N[C@@H](CC(=O)O)C(=O)O. The summed E-state index contributed by atoms with van der Waals surface area (Å²) in [5.74, 6) is -11.4. The van der Waals surface area contributed by atoms with Crippen LogP contribution in [0.4, 0.5) is 0 Å². The van der Waals surface area contributed by atoms with Crippen molar-refractivity contribution in [1.82, 2.24) is 31.5 Å². The van der Waals surface area contributed by atoms with Crippen LogP contribution in [0.25, 0.3) is 0 Å². The molecule has 1 heterocycles. The topological polar surface area (TPSA) is 341 Å². The van der Waals surface area contributed by atoms with Crippen molar-refractivity contribution in [1.29, 1.82) is 0 Å². The minimum Gasteiger partial charge on any atom is -0.481 e. The Morgan fingerprint density at radius 2 is 1.19 bits per heavy atom. The van der Waals surface area contributed by atoms with Crippen molar-refractivity contribution in [2.45, 2.75) is 101 Å². The fourth-order valence-electron chi connectivity index (χ4n) is 5.27. The lowest BCUT2D eigenvalue weighted by molar-refractivity contribution is -0.147. The van der Waals surface area contributed by atoms with Gasteiger partial charge in [0.1, 0.15) is 36.3 Å². The summed E-state index contributed by atoms with van der Waals surface area (Å²) in [5.41, 5.74) is 5.43. The van der Waals surface area contributed by atoms with Crippen molar-refractivity contribution in [3.8, 4) is 0 Å². The Kier molecular flexibility index (Phi) is 19.8. The maximum atomic E-state index is 13.6. The molecule has 0 aromatic carbocycles. The van der Waals surface area contributed by atoms with Crippen LogP contribution in [0.3, 0.4) is 0 Å². The second-order valence-electron chi connectivity index (χ2n) is 12.5. The van der Waals surface area contributed by atoms with Crippen LogP contribution in [0, 0.1) is 5.92 Å². The molecular weight excluding hydrogens is 726 g/mol. The summed E-state index contributed by atoms with van der Waals surface area (Å²) in [7, 11) is 0. The van der Waals surface area contributed by atoms with E-state index in [2.05, 4.69) is 26.6 Å². The highest BCUT2D eigenvalue weighted by Crippen LogP contribution is 2.18. The van der Waals surface area contributed by atoms with Gasteiger partial charge in [-0.3, -0.25) is 43.2 Å². The molecule has 6 amide bonds. The Morgan fingerprint density at radius 3 is 1.66 bits per heavy atom. The summed E-state index contributed by atoms with van der Waals surface area (Å²) in [4.78, 5) is 125. The molecule has 21 nitrogen and oxygen atoms in total. The van der Waals surface area contributed by atoms with E-state index in [4.69, 9.17) is 10.8 Å². The van der Waals surface area contributed by atoms with Crippen LogP contribution >= 0.6 is 11.8 Å². The molecule has 0 bridgehead atoms. The zero-order valence-electron chi connectivity index (χ0n) is 29.6. The maximum absolute atomic E-state index is 13.6. The highest BCUT2D eigenvalue weighted by molar-refractivity contribution is 7.98. The van der Waals surface area contributed by atoms with Crippen LogP contribution in [-0.4, -0.2) is 146 Å². The van der Waals surface area contributed by atoms with E-state index in [-0.39, 0.29) is 25.9 Å². The number of nitrogens with zero attached hydrogens (tertiary/aromatic N) is 1. The third-order valence-electron chi connectivity index (χ3n) is 8.09. The number of amides is 6. The highest BCUT2D eigenvalue weighted by atomic mass is 32.2. The molecule has 0 spiro atoms. The number of hydrogen-bond donors (Lipinski definition) is 10. The predicted molar refractivity (Wildman–Crippen MR) is 185 cm³/mol. The van der Waals surface area contributed by atoms with Gasteiger partial charge in [0.2, 0.25) is 35.4 Å². The zero-order chi connectivity index (χ0) is 40.4. The van der Waals surface area contributed by atoms with Crippen LogP contribution in [0.2, 0.25) is 0 Å². The molecule has 0 aromatic heterocycles. The first-order valence-electron chi connectivity index (χ1n) is 16.7. The number of hydrogen-bond acceptors (Lipinski definition) is 12. The number of aliphatic carboxylic acids is 4. The Hall–Kier alpha value is -4.99. The number of carbonyl (C=O) groups excluding carboxylic acids is 6. The zero-order valence-corrected chi connectivity index (χ0v) is 30.4. The second-order valence-corrected chi connectivity index (χ2v) is 13.5. The summed E-state index contributed by atoms with van der Waals surface area (Å²) < 4.78 is 0. The molecule has 1 aliphatic rings. The van der Waals surface area contributed by atoms with Gasteiger partial charge in [-0.1, -0.05) is 13.8 Å². The van der Waals surface area contributed by atoms with Gasteiger partial charge in [0.05, 0.1) is 13.0 Å². The fourth-order valence-corrected chi connectivity index (χ4v) is 5.74. The molecule has 1 aliphatic heterocycles. The standard InChI is InChI=1S/C31H49N7O14S/c1-15(2)25(30(50)35-18(10-12-53-3)27(47)36-19(31(51)52)13-24(44)45)37-28(48)17(7-9-23(42)43)33-26(46)16(6-8-22(40)41)34-29(49)20-5-4-11-38(20)21(39)14-32/h15-20,25H,4-14,32H2,1-3H3,(H,33,46)(H,34,49)(H,35,50)(H,36,47)(H,37,48)(H,40,41)(H,42,43)(H,44,45)(H,51,52)/t16-,17-,18-,19-,20-,25-/m0/s1. The number of nitrogens with one attached hydrogen (secondary N) is 5.